The number of hydrogen-bond acceptors (Lipinski definition) is 4. The van der Waals surface area contributed by atoms with Crippen molar-refractivity contribution in [3.8, 4) is 0 Å². The van der Waals surface area contributed by atoms with E-state index >= 15 is 0 Å². The number of halogens is 1. The molecule has 1 heterocycles. The third-order valence-electron chi connectivity index (χ3n) is 4.47. The van der Waals surface area contributed by atoms with E-state index in [4.69, 9.17) is 10.3 Å². The number of hydrogen-bond donors (Lipinski definition) is 2. The molecule has 0 aromatic carbocycles. The molecule has 5 heteroatoms. The van der Waals surface area contributed by atoms with Gasteiger partial charge in [0, 0.05) is 5.54 Å². The van der Waals surface area contributed by atoms with E-state index in [0.717, 1.165) is 23.1 Å². The molecule has 1 aliphatic rings. The van der Waals surface area contributed by atoms with Crippen LogP contribution in [0, 0.1) is 0 Å². The molecular weight excluding hydrogens is 306 g/mol. The van der Waals surface area contributed by atoms with Crippen molar-refractivity contribution < 1.29 is 4.42 Å². The largest absolute Gasteiger partial charge is 0.466 e. The van der Waals surface area contributed by atoms with Gasteiger partial charge in [-0.3, -0.25) is 5.84 Å². The summed E-state index contributed by atoms with van der Waals surface area (Å²) in [6.45, 7) is 0. The Bertz CT molecular complexity index is 397. The third kappa shape index (κ3) is 2.89. The van der Waals surface area contributed by atoms with Crippen LogP contribution in [0.25, 0.3) is 0 Å². The van der Waals surface area contributed by atoms with Crippen LogP contribution in [0.2, 0.25) is 0 Å². The monoisotopic (exact) mass is 329 g/mol. The molecule has 1 saturated carbocycles. The van der Waals surface area contributed by atoms with Gasteiger partial charge in [-0.05, 0) is 48.9 Å². The maximum absolute atomic E-state index is 5.88. The number of nitrogens with one attached hydrogen (secondary N) is 1. The molecule has 1 aromatic heterocycles. The molecule has 0 saturated heterocycles. The molecule has 19 heavy (non-hydrogen) atoms. The van der Waals surface area contributed by atoms with Gasteiger partial charge in [0.1, 0.15) is 5.76 Å². The van der Waals surface area contributed by atoms with E-state index in [1.807, 2.05) is 6.07 Å². The Balaban J connectivity index is 2.37. The molecule has 4 nitrogen and oxygen atoms in total. The lowest BCUT2D eigenvalue weighted by atomic mass is 9.80. The number of rotatable bonds is 4. The topological polar surface area (TPSA) is 54.4 Å². The minimum atomic E-state index is 0.00461. The third-order valence-corrected chi connectivity index (χ3v) is 5.13. The molecule has 2 rings (SSSR count). The summed E-state index contributed by atoms with van der Waals surface area (Å²) in [6, 6.07) is 1.93. The van der Waals surface area contributed by atoms with Crippen molar-refractivity contribution in [2.75, 3.05) is 14.1 Å². The van der Waals surface area contributed by atoms with Crippen LogP contribution in [0.1, 0.15) is 50.3 Å². The highest BCUT2D eigenvalue weighted by Crippen LogP contribution is 2.42. The summed E-state index contributed by atoms with van der Waals surface area (Å²) in [4.78, 5) is 2.32. The smallest absolute Gasteiger partial charge is 0.138 e. The minimum Gasteiger partial charge on any atom is -0.466 e. The zero-order valence-corrected chi connectivity index (χ0v) is 13.4. The van der Waals surface area contributed by atoms with Crippen molar-refractivity contribution in [1.29, 1.82) is 0 Å². The predicted molar refractivity (Wildman–Crippen MR) is 80.6 cm³/mol. The highest BCUT2D eigenvalue weighted by atomic mass is 79.9. The zero-order chi connectivity index (χ0) is 13.9. The van der Waals surface area contributed by atoms with E-state index in [1.165, 1.54) is 25.7 Å². The molecule has 1 aromatic rings. The van der Waals surface area contributed by atoms with Gasteiger partial charge in [-0.15, -0.1) is 0 Å². The quantitative estimate of drug-likeness (QED) is 0.506. The summed E-state index contributed by atoms with van der Waals surface area (Å²) in [5.74, 6) is 6.78. The van der Waals surface area contributed by atoms with Crippen LogP contribution in [-0.4, -0.2) is 24.5 Å². The van der Waals surface area contributed by atoms with Crippen LogP contribution in [0.4, 0.5) is 0 Å². The molecule has 0 amide bonds. The van der Waals surface area contributed by atoms with Crippen LogP contribution in [0.5, 0.6) is 0 Å². The first-order valence-corrected chi connectivity index (χ1v) is 7.77. The number of nitrogens with two attached hydrogens (primary N) is 1. The first-order valence-electron chi connectivity index (χ1n) is 6.98. The van der Waals surface area contributed by atoms with Gasteiger partial charge in [0.15, 0.2) is 0 Å². The Kier molecular flexibility index (Phi) is 5.06. The summed E-state index contributed by atoms with van der Waals surface area (Å²) < 4.78 is 6.66. The number of furan rings is 1. The highest BCUT2D eigenvalue weighted by molar-refractivity contribution is 9.10. The average molecular weight is 330 g/mol. The number of nitrogens with zero attached hydrogens (tertiary/aromatic N) is 1. The Labute approximate surface area is 123 Å². The fourth-order valence-electron chi connectivity index (χ4n) is 3.32. The van der Waals surface area contributed by atoms with Crippen molar-refractivity contribution in [3.63, 3.8) is 0 Å². The second-order valence-electron chi connectivity index (χ2n) is 5.64. The Morgan fingerprint density at radius 2 is 1.95 bits per heavy atom. The second kappa shape index (κ2) is 6.39. The van der Waals surface area contributed by atoms with Gasteiger partial charge in [0.25, 0.3) is 0 Å². The van der Waals surface area contributed by atoms with Gasteiger partial charge >= 0.3 is 0 Å². The first kappa shape index (κ1) is 15.0. The van der Waals surface area contributed by atoms with Crippen molar-refractivity contribution in [2.45, 2.75) is 50.1 Å². The van der Waals surface area contributed by atoms with Crippen LogP contribution in [-0.2, 0) is 0 Å². The maximum atomic E-state index is 5.88. The van der Waals surface area contributed by atoms with Gasteiger partial charge in [0.2, 0.25) is 0 Å². The SMILES string of the molecule is CN(C)C1(C(NN)c2occc2Br)CCCCCC1. The van der Waals surface area contributed by atoms with Gasteiger partial charge in [-0.25, -0.2) is 5.43 Å². The van der Waals surface area contributed by atoms with E-state index in [-0.39, 0.29) is 11.6 Å². The van der Waals surface area contributed by atoms with E-state index in [0.29, 0.717) is 0 Å². The molecule has 1 fully saturated rings. The van der Waals surface area contributed by atoms with Gasteiger partial charge < -0.3 is 9.32 Å². The summed E-state index contributed by atoms with van der Waals surface area (Å²) in [5.41, 5.74) is 3.02. The predicted octanol–water partition coefficient (Wildman–Crippen LogP) is 3.20. The lowest BCUT2D eigenvalue weighted by Crippen LogP contribution is -2.55. The average Bonchev–Trinajstić information content (AvgIpc) is 2.67. The minimum absolute atomic E-state index is 0.00461. The summed E-state index contributed by atoms with van der Waals surface area (Å²) >= 11 is 3.56. The van der Waals surface area contributed by atoms with Gasteiger partial charge in [0.05, 0.1) is 16.8 Å². The van der Waals surface area contributed by atoms with Gasteiger partial charge in [-0.2, -0.15) is 0 Å². The normalized spacial score (nSPS) is 21.3. The molecule has 1 aliphatic carbocycles. The van der Waals surface area contributed by atoms with E-state index in [9.17, 15) is 0 Å². The van der Waals surface area contributed by atoms with Crippen molar-refractivity contribution in [3.05, 3.63) is 22.6 Å². The Morgan fingerprint density at radius 3 is 2.37 bits per heavy atom. The Hall–Kier alpha value is -0.360. The van der Waals surface area contributed by atoms with Crippen LogP contribution in [0.3, 0.4) is 0 Å². The molecule has 0 aliphatic heterocycles. The van der Waals surface area contributed by atoms with E-state index < -0.39 is 0 Å². The molecule has 0 bridgehead atoms. The molecule has 0 spiro atoms. The fourth-order valence-corrected chi connectivity index (χ4v) is 3.75. The van der Waals surface area contributed by atoms with Crippen LogP contribution in [0.15, 0.2) is 21.2 Å². The molecule has 1 unspecified atom stereocenters. The zero-order valence-electron chi connectivity index (χ0n) is 11.8. The molecule has 1 atom stereocenters. The number of hydrazine groups is 1. The summed E-state index contributed by atoms with van der Waals surface area (Å²) in [5, 5.41) is 0. The maximum Gasteiger partial charge on any atom is 0.138 e. The van der Waals surface area contributed by atoms with Crippen LogP contribution >= 0.6 is 15.9 Å². The fraction of sp³-hybridized carbons (Fsp3) is 0.714. The summed E-state index contributed by atoms with van der Waals surface area (Å²) in [7, 11) is 4.29. The highest BCUT2D eigenvalue weighted by Gasteiger charge is 2.43. The molecular formula is C14H24BrN3O. The van der Waals surface area contributed by atoms with Gasteiger partial charge in [-0.1, -0.05) is 25.7 Å². The van der Waals surface area contributed by atoms with E-state index in [1.54, 1.807) is 6.26 Å². The van der Waals surface area contributed by atoms with Crippen molar-refractivity contribution in [2.24, 2.45) is 5.84 Å². The first-order chi connectivity index (χ1) is 9.12. The van der Waals surface area contributed by atoms with E-state index in [2.05, 4.69) is 40.4 Å². The lowest BCUT2D eigenvalue weighted by molar-refractivity contribution is 0.0697. The lowest BCUT2D eigenvalue weighted by Gasteiger charge is -2.44. The Morgan fingerprint density at radius 1 is 1.32 bits per heavy atom. The standard InChI is InChI=1S/C14H24BrN3O/c1-18(2)14(8-5-3-4-6-9-14)13(17-16)12-11(15)7-10-19-12/h7,10,13,17H,3-6,8-9,16H2,1-2H3. The van der Waals surface area contributed by atoms with Crippen molar-refractivity contribution >= 4 is 15.9 Å². The number of likely N-dealkylation sites (N-methyl/N-ethyl adjacent to an activating group) is 1. The van der Waals surface area contributed by atoms with Crippen molar-refractivity contribution in [1.82, 2.24) is 10.3 Å². The second-order valence-corrected chi connectivity index (χ2v) is 6.50. The summed E-state index contributed by atoms with van der Waals surface area (Å²) in [6.07, 6.45) is 9.11. The molecule has 108 valence electrons. The van der Waals surface area contributed by atoms with Crippen LogP contribution < -0.4 is 11.3 Å². The molecule has 0 radical (unpaired) electrons. The molecule has 3 N–H and O–H groups in total.